The number of nitrogens with zero attached hydrogens (tertiary/aromatic N) is 1. The molecule has 3 rings (SSSR count). The second-order valence-corrected chi connectivity index (χ2v) is 5.29. The molecule has 128 valence electrons. The van der Waals surface area contributed by atoms with Crippen molar-refractivity contribution in [3.63, 3.8) is 0 Å². The number of hydrogen-bond acceptors (Lipinski definition) is 6. The summed E-state index contributed by atoms with van der Waals surface area (Å²) in [6.07, 6.45) is 1.45. The predicted octanol–water partition coefficient (Wildman–Crippen LogP) is 0.979. The highest BCUT2D eigenvalue weighted by molar-refractivity contribution is 6.21. The summed E-state index contributed by atoms with van der Waals surface area (Å²) in [7, 11) is 1.42. The van der Waals surface area contributed by atoms with Crippen LogP contribution in [0.3, 0.4) is 0 Å². The van der Waals surface area contributed by atoms with E-state index in [0.29, 0.717) is 5.76 Å². The van der Waals surface area contributed by atoms with Crippen molar-refractivity contribution >= 4 is 23.7 Å². The van der Waals surface area contributed by atoms with Gasteiger partial charge in [-0.2, -0.15) is 0 Å². The van der Waals surface area contributed by atoms with Gasteiger partial charge in [-0.1, -0.05) is 0 Å². The lowest BCUT2D eigenvalue weighted by Gasteiger charge is -2.11. The molecule has 25 heavy (non-hydrogen) atoms. The molecule has 3 amide bonds. The first-order valence-corrected chi connectivity index (χ1v) is 7.41. The number of imide groups is 1. The summed E-state index contributed by atoms with van der Waals surface area (Å²) in [6, 6.07) is 7.39. The van der Waals surface area contributed by atoms with E-state index in [0.717, 1.165) is 4.90 Å². The Bertz CT molecular complexity index is 856. The maximum Gasteiger partial charge on any atom is 0.338 e. The van der Waals surface area contributed by atoms with Gasteiger partial charge in [0.05, 0.1) is 29.5 Å². The average molecular weight is 342 g/mol. The minimum absolute atomic E-state index is 0.00972. The van der Waals surface area contributed by atoms with Gasteiger partial charge in [-0.05, 0) is 30.3 Å². The van der Waals surface area contributed by atoms with Gasteiger partial charge < -0.3 is 14.5 Å². The zero-order valence-corrected chi connectivity index (χ0v) is 13.3. The first kappa shape index (κ1) is 16.4. The highest BCUT2D eigenvalue weighted by Crippen LogP contribution is 2.26. The van der Waals surface area contributed by atoms with Crippen molar-refractivity contribution in [2.75, 3.05) is 13.7 Å². The summed E-state index contributed by atoms with van der Waals surface area (Å²) in [5, 5.41) is 2.32. The molecule has 0 unspecified atom stereocenters. The molecule has 0 spiro atoms. The molecule has 1 aromatic carbocycles. The van der Waals surface area contributed by atoms with Gasteiger partial charge in [0.25, 0.3) is 17.7 Å². The summed E-state index contributed by atoms with van der Waals surface area (Å²) in [5.41, 5.74) is 0.411. The molecule has 0 fully saturated rings. The van der Waals surface area contributed by atoms with Crippen LogP contribution in [0.1, 0.15) is 36.8 Å². The molecule has 2 heterocycles. The van der Waals surface area contributed by atoms with Crippen LogP contribution in [0.15, 0.2) is 41.0 Å². The van der Waals surface area contributed by atoms with Crippen molar-refractivity contribution in [1.82, 2.24) is 10.2 Å². The van der Waals surface area contributed by atoms with E-state index in [1.54, 1.807) is 12.1 Å². The van der Waals surface area contributed by atoms with Gasteiger partial charge in [0.2, 0.25) is 0 Å². The molecule has 8 nitrogen and oxygen atoms in total. The topological polar surface area (TPSA) is 106 Å². The van der Waals surface area contributed by atoms with E-state index >= 15 is 0 Å². The number of rotatable bonds is 5. The predicted molar refractivity (Wildman–Crippen MR) is 83.7 cm³/mol. The largest absolute Gasteiger partial charge is 0.467 e. The molecule has 0 radical (unpaired) electrons. The van der Waals surface area contributed by atoms with Crippen LogP contribution in [-0.2, 0) is 16.1 Å². The number of amides is 3. The van der Waals surface area contributed by atoms with Gasteiger partial charge in [-0.15, -0.1) is 0 Å². The molecule has 8 heteroatoms. The van der Waals surface area contributed by atoms with E-state index in [4.69, 9.17) is 9.15 Å². The summed E-state index contributed by atoms with van der Waals surface area (Å²) in [4.78, 5) is 49.0. The van der Waals surface area contributed by atoms with Crippen LogP contribution >= 0.6 is 0 Å². The first-order valence-electron chi connectivity index (χ1n) is 7.41. The molecule has 1 N–H and O–H groups in total. The maximum absolute atomic E-state index is 12.5. The second kappa shape index (κ2) is 6.60. The smallest absolute Gasteiger partial charge is 0.338 e. The van der Waals surface area contributed by atoms with E-state index in [-0.39, 0.29) is 23.2 Å². The third-order valence-corrected chi connectivity index (χ3v) is 3.71. The average Bonchev–Trinajstić information content (AvgIpc) is 3.22. The molecule has 2 aromatic rings. The van der Waals surface area contributed by atoms with Crippen LogP contribution in [0, 0.1) is 0 Å². The molecular formula is C17H14N2O6. The SMILES string of the molecule is CNC(=O)COC(=O)c1ccc2c(c1)C(=O)N(Cc1ccco1)C2=O. The van der Waals surface area contributed by atoms with E-state index in [9.17, 15) is 19.2 Å². The zero-order chi connectivity index (χ0) is 18.0. The molecule has 0 aliphatic carbocycles. The van der Waals surface area contributed by atoms with Crippen molar-refractivity contribution in [2.24, 2.45) is 0 Å². The number of hydrogen-bond donors (Lipinski definition) is 1. The number of carbonyl (C=O) groups is 4. The summed E-state index contributed by atoms with van der Waals surface area (Å²) < 4.78 is 10.00. The number of likely N-dealkylation sites (N-methyl/N-ethyl adjacent to an activating group) is 1. The molecule has 1 aliphatic heterocycles. The van der Waals surface area contributed by atoms with Crippen LogP contribution in [0.25, 0.3) is 0 Å². The summed E-state index contributed by atoms with van der Waals surface area (Å²) >= 11 is 0. The lowest BCUT2D eigenvalue weighted by Crippen LogP contribution is -2.28. The number of esters is 1. The van der Waals surface area contributed by atoms with Crippen LogP contribution < -0.4 is 5.32 Å². The Morgan fingerprint density at radius 3 is 2.60 bits per heavy atom. The molecular weight excluding hydrogens is 328 g/mol. The summed E-state index contributed by atoms with van der Waals surface area (Å²) in [6.45, 7) is -0.417. The van der Waals surface area contributed by atoms with Crippen LogP contribution in [0.4, 0.5) is 0 Å². The second-order valence-electron chi connectivity index (χ2n) is 5.29. The lowest BCUT2D eigenvalue weighted by atomic mass is 10.1. The van der Waals surface area contributed by atoms with Crippen molar-refractivity contribution < 1.29 is 28.3 Å². The lowest BCUT2D eigenvalue weighted by molar-refractivity contribution is -0.123. The van der Waals surface area contributed by atoms with Crippen LogP contribution in [0.5, 0.6) is 0 Å². The summed E-state index contributed by atoms with van der Waals surface area (Å²) in [5.74, 6) is -1.71. The van der Waals surface area contributed by atoms with Gasteiger partial charge in [0.15, 0.2) is 6.61 Å². The van der Waals surface area contributed by atoms with Crippen molar-refractivity contribution in [1.29, 1.82) is 0 Å². The Kier molecular flexibility index (Phi) is 4.34. The normalized spacial score (nSPS) is 12.9. The molecule has 1 aromatic heterocycles. The van der Waals surface area contributed by atoms with Gasteiger partial charge in [-0.25, -0.2) is 4.79 Å². The standard InChI is InChI=1S/C17H14N2O6/c1-18-14(20)9-25-17(23)10-4-5-12-13(7-10)16(22)19(15(12)21)8-11-3-2-6-24-11/h2-7H,8-9H2,1H3,(H,18,20). The fraction of sp³-hybridized carbons (Fsp3) is 0.176. The van der Waals surface area contributed by atoms with Crippen LogP contribution in [0.2, 0.25) is 0 Å². The monoisotopic (exact) mass is 342 g/mol. The number of nitrogens with one attached hydrogen (secondary N) is 1. The minimum atomic E-state index is -0.754. The Hall–Kier alpha value is -3.42. The molecule has 0 atom stereocenters. The Morgan fingerprint density at radius 2 is 1.92 bits per heavy atom. The van der Waals surface area contributed by atoms with Gasteiger partial charge in [0.1, 0.15) is 5.76 Å². The minimum Gasteiger partial charge on any atom is -0.467 e. The van der Waals surface area contributed by atoms with Gasteiger partial charge in [-0.3, -0.25) is 19.3 Å². The molecule has 0 saturated carbocycles. The molecule has 0 bridgehead atoms. The van der Waals surface area contributed by atoms with Crippen LogP contribution in [-0.4, -0.2) is 42.2 Å². The maximum atomic E-state index is 12.5. The van der Waals surface area contributed by atoms with Crippen molar-refractivity contribution in [3.05, 3.63) is 59.0 Å². The quantitative estimate of drug-likeness (QED) is 0.641. The van der Waals surface area contributed by atoms with E-state index in [1.165, 1.54) is 31.5 Å². The van der Waals surface area contributed by atoms with Crippen molar-refractivity contribution in [3.8, 4) is 0 Å². The first-order chi connectivity index (χ1) is 12.0. The van der Waals surface area contributed by atoms with Gasteiger partial charge >= 0.3 is 5.97 Å². The highest BCUT2D eigenvalue weighted by atomic mass is 16.5. The fourth-order valence-electron chi connectivity index (χ4n) is 2.41. The highest BCUT2D eigenvalue weighted by Gasteiger charge is 2.36. The number of fused-ring (bicyclic) bond motifs is 1. The number of ether oxygens (including phenoxy) is 1. The third kappa shape index (κ3) is 3.14. The Balaban J connectivity index is 1.79. The third-order valence-electron chi connectivity index (χ3n) is 3.71. The zero-order valence-electron chi connectivity index (χ0n) is 13.3. The van der Waals surface area contributed by atoms with E-state index in [2.05, 4.69) is 5.32 Å². The number of carbonyl (C=O) groups excluding carboxylic acids is 4. The van der Waals surface area contributed by atoms with E-state index in [1.807, 2.05) is 0 Å². The van der Waals surface area contributed by atoms with Crippen molar-refractivity contribution in [2.45, 2.75) is 6.54 Å². The molecule has 1 aliphatic rings. The molecule has 0 saturated heterocycles. The van der Waals surface area contributed by atoms with E-state index < -0.39 is 30.3 Å². The van der Waals surface area contributed by atoms with Gasteiger partial charge in [0, 0.05) is 7.05 Å². The Labute approximate surface area is 142 Å². The Morgan fingerprint density at radius 1 is 1.16 bits per heavy atom. The number of benzene rings is 1. The fourth-order valence-corrected chi connectivity index (χ4v) is 2.41. The number of furan rings is 1.